The van der Waals surface area contributed by atoms with Gasteiger partial charge in [-0.2, -0.15) is 0 Å². The molecule has 0 heterocycles. The summed E-state index contributed by atoms with van der Waals surface area (Å²) >= 11 is -1.01. The van der Waals surface area contributed by atoms with Crippen LogP contribution in [0.3, 0.4) is 0 Å². The number of unbranched alkanes of at least 4 members (excludes halogenated alkanes) is 2. The standard InChI is InChI=1S/2C8H17O.2C6H10O3.Zr/c2*1-3-5-6-8(4-2)7-9;2*1-3-9-6(8)4-5(2)7;/h2*8H,3-7H2,1-2H3;2*3-4H2,1-2H3;/q2*-1;;;+2. The maximum Gasteiger partial charge on any atom is 0.313 e. The molecule has 0 saturated carbocycles. The molecule has 0 fully saturated rings. The molecule has 2 atom stereocenters. The van der Waals surface area contributed by atoms with Gasteiger partial charge < -0.3 is 9.47 Å². The molecule has 0 aromatic heterocycles. The number of carbonyl (C=O) groups is 4. The minimum absolute atomic E-state index is 0.103. The molecule has 218 valence electrons. The van der Waals surface area contributed by atoms with Crippen molar-refractivity contribution < 1.29 is 58.4 Å². The molecule has 0 aromatic rings. The Morgan fingerprint density at radius 3 is 1.22 bits per heavy atom. The molecule has 0 spiro atoms. The van der Waals surface area contributed by atoms with Gasteiger partial charge in [0.05, 0.1) is 13.2 Å². The van der Waals surface area contributed by atoms with Crippen molar-refractivity contribution in [3.8, 4) is 0 Å². The van der Waals surface area contributed by atoms with Crippen LogP contribution in [0.15, 0.2) is 0 Å². The first-order chi connectivity index (χ1) is 17.6. The number of hydrogen-bond donors (Lipinski definition) is 0. The Morgan fingerprint density at radius 1 is 0.622 bits per heavy atom. The van der Waals surface area contributed by atoms with Crippen LogP contribution >= 0.6 is 0 Å². The van der Waals surface area contributed by atoms with Gasteiger partial charge in [0.25, 0.3) is 0 Å². The molecular weight excluding hydrogens is 556 g/mol. The van der Waals surface area contributed by atoms with E-state index in [1.807, 2.05) is 0 Å². The Morgan fingerprint density at radius 2 is 0.973 bits per heavy atom. The third kappa shape index (κ3) is 35.1. The number of rotatable bonds is 20. The third-order valence-electron chi connectivity index (χ3n) is 5.24. The average Bonchev–Trinajstić information content (AvgIpc) is 2.83. The Kier molecular flexibility index (Phi) is 34.3. The van der Waals surface area contributed by atoms with Crippen molar-refractivity contribution in [1.29, 1.82) is 0 Å². The summed E-state index contributed by atoms with van der Waals surface area (Å²) in [5.41, 5.74) is 0. The molecule has 8 nitrogen and oxygen atoms in total. The van der Waals surface area contributed by atoms with E-state index in [0.717, 1.165) is 25.0 Å². The van der Waals surface area contributed by atoms with Crippen LogP contribution < -0.4 is 0 Å². The summed E-state index contributed by atoms with van der Waals surface area (Å²) in [6.45, 7) is 17.7. The molecular formula is C28H54O8Zr. The summed E-state index contributed by atoms with van der Waals surface area (Å²) in [5.74, 6) is 0.315. The van der Waals surface area contributed by atoms with Gasteiger partial charge in [-0.1, -0.05) is 0 Å². The smallest absolute Gasteiger partial charge is 0.313 e. The van der Waals surface area contributed by atoms with E-state index in [1.54, 1.807) is 13.8 Å². The summed E-state index contributed by atoms with van der Waals surface area (Å²) in [6, 6.07) is 0. The Bertz CT molecular complexity index is 520. The third-order valence-corrected chi connectivity index (χ3v) is 6.64. The topological polar surface area (TPSA) is 105 Å². The van der Waals surface area contributed by atoms with E-state index in [9.17, 15) is 19.2 Å². The van der Waals surface area contributed by atoms with Crippen molar-refractivity contribution in [2.24, 2.45) is 11.8 Å². The first-order valence-corrected chi connectivity index (χ1v) is 15.9. The van der Waals surface area contributed by atoms with Crippen molar-refractivity contribution in [1.82, 2.24) is 0 Å². The minimum atomic E-state index is -1.01. The largest absolute Gasteiger partial charge is 0.466 e. The molecule has 9 heteroatoms. The Hall–Kier alpha value is -0.917. The van der Waals surface area contributed by atoms with Gasteiger partial charge in [0.2, 0.25) is 0 Å². The van der Waals surface area contributed by atoms with E-state index >= 15 is 0 Å². The molecule has 0 bridgehead atoms. The number of hydrogen-bond acceptors (Lipinski definition) is 8. The first-order valence-electron chi connectivity index (χ1n) is 13.9. The van der Waals surface area contributed by atoms with E-state index in [0.29, 0.717) is 13.2 Å². The molecule has 0 rings (SSSR count). The van der Waals surface area contributed by atoms with Gasteiger partial charge in [0.15, 0.2) is 0 Å². The summed E-state index contributed by atoms with van der Waals surface area (Å²) < 4.78 is 20.6. The molecule has 2 unspecified atom stereocenters. The van der Waals surface area contributed by atoms with Gasteiger partial charge >= 0.3 is 146 Å². The molecule has 37 heavy (non-hydrogen) atoms. The van der Waals surface area contributed by atoms with Crippen LogP contribution in [0.2, 0.25) is 0 Å². The average molecular weight is 610 g/mol. The molecule has 0 aliphatic carbocycles. The Labute approximate surface area is 239 Å². The van der Waals surface area contributed by atoms with Gasteiger partial charge in [0, 0.05) is 0 Å². The predicted octanol–water partition coefficient (Wildman–Crippen LogP) is 6.42. The van der Waals surface area contributed by atoms with E-state index in [1.165, 1.54) is 65.2 Å². The van der Waals surface area contributed by atoms with Crippen molar-refractivity contribution in [3.05, 3.63) is 0 Å². The molecule has 0 N–H and O–H groups in total. The molecule has 0 aliphatic rings. The zero-order valence-corrected chi connectivity index (χ0v) is 27.3. The van der Waals surface area contributed by atoms with Gasteiger partial charge in [-0.25, -0.2) is 0 Å². The van der Waals surface area contributed by atoms with Crippen LogP contribution in [0.5, 0.6) is 0 Å². The Balaban J connectivity index is -0.000000534. The van der Waals surface area contributed by atoms with Crippen LogP contribution in [-0.4, -0.2) is 49.9 Å². The molecule has 0 aromatic carbocycles. The van der Waals surface area contributed by atoms with Crippen molar-refractivity contribution in [2.45, 2.75) is 120 Å². The van der Waals surface area contributed by atoms with E-state index < -0.39 is 36.1 Å². The zero-order chi connectivity index (χ0) is 28.9. The van der Waals surface area contributed by atoms with Crippen LogP contribution in [0.1, 0.15) is 120 Å². The van der Waals surface area contributed by atoms with Crippen molar-refractivity contribution >= 4 is 23.5 Å². The van der Waals surface area contributed by atoms with Crippen LogP contribution in [0.25, 0.3) is 0 Å². The summed E-state index contributed by atoms with van der Waals surface area (Å²) in [5, 5.41) is 0. The van der Waals surface area contributed by atoms with Crippen molar-refractivity contribution in [3.63, 3.8) is 0 Å². The van der Waals surface area contributed by atoms with Gasteiger partial charge in [0.1, 0.15) is 24.4 Å². The normalized spacial score (nSPS) is 11.6. The first kappa shape index (κ1) is 40.6. The minimum Gasteiger partial charge on any atom is -0.466 e. The van der Waals surface area contributed by atoms with E-state index in [4.69, 9.17) is 5.63 Å². The van der Waals surface area contributed by atoms with E-state index in [2.05, 4.69) is 37.2 Å². The second kappa shape index (κ2) is 31.3. The molecule has 0 aliphatic heterocycles. The molecule has 0 saturated heterocycles. The van der Waals surface area contributed by atoms with Crippen molar-refractivity contribution in [2.75, 3.05) is 26.4 Å². The molecule has 0 amide bonds. The zero-order valence-electron chi connectivity index (χ0n) is 24.8. The van der Waals surface area contributed by atoms with Gasteiger partial charge in [-0.3, -0.25) is 19.2 Å². The monoisotopic (exact) mass is 608 g/mol. The second-order valence-corrected chi connectivity index (χ2v) is 10.7. The van der Waals surface area contributed by atoms with E-state index in [-0.39, 0.29) is 24.4 Å². The number of ketones is 2. The fourth-order valence-corrected chi connectivity index (χ4v) is 4.67. The van der Waals surface area contributed by atoms with Crippen LogP contribution in [0.4, 0.5) is 0 Å². The van der Waals surface area contributed by atoms with Crippen LogP contribution in [-0.2, 0) is 58.4 Å². The molecule has 0 radical (unpaired) electrons. The van der Waals surface area contributed by atoms with Gasteiger partial charge in [-0.05, 0) is 27.7 Å². The summed E-state index contributed by atoms with van der Waals surface area (Å²) in [7, 11) is 0. The maximum absolute atomic E-state index is 10.4. The fraction of sp³-hybridized carbons (Fsp3) is 0.857. The maximum atomic E-state index is 10.4. The van der Waals surface area contributed by atoms with Gasteiger partial charge in [-0.15, -0.1) is 0 Å². The second-order valence-electron chi connectivity index (χ2n) is 8.91. The predicted molar refractivity (Wildman–Crippen MR) is 142 cm³/mol. The number of carbonyl (C=O) groups excluding carboxylic acids is 4. The number of Topliss-reactive ketones (excluding diaryl/α,β-unsaturated/α-hetero) is 2. The SMILES string of the molecule is CCCCC(CC)C[O][Zr][O]CC(CC)CCCC.CCOC(=O)CC(C)=O.CCOC(=O)CC(C)=O. The fourth-order valence-electron chi connectivity index (χ4n) is 2.97. The number of ether oxygens (including phenoxy) is 2. The number of esters is 2. The summed E-state index contributed by atoms with van der Waals surface area (Å²) in [4.78, 5) is 41.3. The van der Waals surface area contributed by atoms with Crippen LogP contribution in [0, 0.1) is 11.8 Å². The summed E-state index contributed by atoms with van der Waals surface area (Å²) in [6.07, 6.45) is 10.2. The quantitative estimate of drug-likeness (QED) is 0.0884.